The highest BCUT2D eigenvalue weighted by atomic mass is 14.9. The van der Waals surface area contributed by atoms with Crippen molar-refractivity contribution in [2.75, 3.05) is 0 Å². The van der Waals surface area contributed by atoms with E-state index in [1.54, 1.807) is 0 Å². The summed E-state index contributed by atoms with van der Waals surface area (Å²) in [5.74, 6) is 0. The molecule has 2 nitrogen and oxygen atoms in total. The number of rotatable bonds is 3. The monoisotopic (exact) mass is 214 g/mol. The van der Waals surface area contributed by atoms with Crippen LogP contribution >= 0.6 is 0 Å². The molecule has 0 fully saturated rings. The summed E-state index contributed by atoms with van der Waals surface area (Å²) in [6.45, 7) is 5.82. The first kappa shape index (κ1) is 11.0. The molecular formula is C14H18N2. The molecule has 0 saturated carbocycles. The van der Waals surface area contributed by atoms with Gasteiger partial charge in [-0.3, -0.25) is 0 Å². The molecule has 0 amide bonds. The second-order valence-electron chi connectivity index (χ2n) is 4.33. The summed E-state index contributed by atoms with van der Waals surface area (Å²) < 4.78 is 2.18. The van der Waals surface area contributed by atoms with Gasteiger partial charge in [-0.05, 0) is 36.6 Å². The van der Waals surface area contributed by atoms with Crippen LogP contribution in [0.25, 0.3) is 0 Å². The smallest absolute Gasteiger partial charge is 0.0473 e. The van der Waals surface area contributed by atoms with Crippen LogP contribution in [0.5, 0.6) is 0 Å². The minimum atomic E-state index is 0.611. The van der Waals surface area contributed by atoms with Crippen molar-refractivity contribution in [3.05, 3.63) is 58.9 Å². The lowest BCUT2D eigenvalue weighted by Gasteiger charge is -2.08. The maximum absolute atomic E-state index is 5.60. The van der Waals surface area contributed by atoms with E-state index in [1.165, 1.54) is 22.3 Å². The van der Waals surface area contributed by atoms with Gasteiger partial charge in [-0.1, -0.05) is 23.8 Å². The van der Waals surface area contributed by atoms with E-state index in [0.29, 0.717) is 6.54 Å². The summed E-state index contributed by atoms with van der Waals surface area (Å²) >= 11 is 0. The van der Waals surface area contributed by atoms with Crippen molar-refractivity contribution in [2.45, 2.75) is 26.9 Å². The highest BCUT2D eigenvalue weighted by molar-refractivity contribution is 5.31. The van der Waals surface area contributed by atoms with Gasteiger partial charge in [0.1, 0.15) is 0 Å². The minimum Gasteiger partial charge on any atom is -0.350 e. The van der Waals surface area contributed by atoms with Crippen LogP contribution in [0.1, 0.15) is 22.3 Å². The normalized spacial score (nSPS) is 10.7. The van der Waals surface area contributed by atoms with Gasteiger partial charge >= 0.3 is 0 Å². The Kier molecular flexibility index (Phi) is 3.11. The first-order valence-electron chi connectivity index (χ1n) is 5.60. The molecule has 0 saturated heterocycles. The fourth-order valence-electron chi connectivity index (χ4n) is 1.88. The average molecular weight is 214 g/mol. The van der Waals surface area contributed by atoms with Gasteiger partial charge in [0.05, 0.1) is 0 Å². The molecular weight excluding hydrogens is 196 g/mol. The number of aryl methyl sites for hydroxylation is 2. The van der Waals surface area contributed by atoms with E-state index in [4.69, 9.17) is 5.73 Å². The quantitative estimate of drug-likeness (QED) is 0.836. The summed E-state index contributed by atoms with van der Waals surface area (Å²) in [6, 6.07) is 8.65. The first-order valence-corrected chi connectivity index (χ1v) is 5.60. The van der Waals surface area contributed by atoms with Crippen LogP contribution in [0.15, 0.2) is 36.7 Å². The van der Waals surface area contributed by atoms with Gasteiger partial charge in [0.25, 0.3) is 0 Å². The molecule has 0 aliphatic heterocycles. The van der Waals surface area contributed by atoms with Crippen LogP contribution in [0.4, 0.5) is 0 Å². The van der Waals surface area contributed by atoms with E-state index in [1.807, 2.05) is 0 Å². The summed E-state index contributed by atoms with van der Waals surface area (Å²) in [5, 5.41) is 0. The predicted molar refractivity (Wildman–Crippen MR) is 67.3 cm³/mol. The molecule has 84 valence electrons. The molecule has 0 aliphatic carbocycles. The second-order valence-corrected chi connectivity index (χ2v) is 4.33. The van der Waals surface area contributed by atoms with Crippen LogP contribution in [0.3, 0.4) is 0 Å². The van der Waals surface area contributed by atoms with Crippen molar-refractivity contribution >= 4 is 0 Å². The third kappa shape index (κ3) is 2.34. The Morgan fingerprint density at radius 3 is 2.69 bits per heavy atom. The van der Waals surface area contributed by atoms with Crippen LogP contribution in [0.2, 0.25) is 0 Å². The number of hydrogen-bond acceptors (Lipinski definition) is 1. The van der Waals surface area contributed by atoms with Crippen molar-refractivity contribution in [1.82, 2.24) is 4.57 Å². The van der Waals surface area contributed by atoms with E-state index in [2.05, 4.69) is 55.1 Å². The van der Waals surface area contributed by atoms with Gasteiger partial charge in [0.15, 0.2) is 0 Å². The van der Waals surface area contributed by atoms with Crippen molar-refractivity contribution in [3.8, 4) is 0 Å². The zero-order valence-electron chi connectivity index (χ0n) is 9.90. The Hall–Kier alpha value is -1.54. The number of aromatic nitrogens is 1. The molecule has 2 heteroatoms. The van der Waals surface area contributed by atoms with Crippen LogP contribution in [-0.4, -0.2) is 4.57 Å². The lowest BCUT2D eigenvalue weighted by Crippen LogP contribution is -2.00. The fraction of sp³-hybridized carbons (Fsp3) is 0.286. The first-order chi connectivity index (χ1) is 7.69. The summed E-state index contributed by atoms with van der Waals surface area (Å²) in [6.07, 6.45) is 4.20. The molecule has 2 N–H and O–H groups in total. The molecule has 0 bridgehead atoms. The summed E-state index contributed by atoms with van der Waals surface area (Å²) in [7, 11) is 0. The molecule has 0 unspecified atom stereocenters. The number of hydrogen-bond donors (Lipinski definition) is 1. The van der Waals surface area contributed by atoms with E-state index < -0.39 is 0 Å². The summed E-state index contributed by atoms with van der Waals surface area (Å²) in [5.41, 5.74) is 10.8. The van der Waals surface area contributed by atoms with Crippen LogP contribution in [0, 0.1) is 13.8 Å². The zero-order valence-corrected chi connectivity index (χ0v) is 9.90. The molecule has 0 aliphatic rings. The Morgan fingerprint density at radius 2 is 2.00 bits per heavy atom. The van der Waals surface area contributed by atoms with Gasteiger partial charge in [-0.2, -0.15) is 0 Å². The van der Waals surface area contributed by atoms with Crippen molar-refractivity contribution < 1.29 is 0 Å². The molecule has 2 aromatic rings. The van der Waals surface area contributed by atoms with Gasteiger partial charge in [0.2, 0.25) is 0 Å². The highest BCUT2D eigenvalue weighted by Crippen LogP contribution is 2.13. The Labute approximate surface area is 96.7 Å². The third-order valence-corrected chi connectivity index (χ3v) is 2.90. The highest BCUT2D eigenvalue weighted by Gasteiger charge is 2.00. The van der Waals surface area contributed by atoms with E-state index in [-0.39, 0.29) is 0 Å². The summed E-state index contributed by atoms with van der Waals surface area (Å²) in [4.78, 5) is 0. The average Bonchev–Trinajstić information content (AvgIpc) is 2.71. The second kappa shape index (κ2) is 4.54. The maximum atomic E-state index is 5.60. The van der Waals surface area contributed by atoms with Crippen molar-refractivity contribution in [3.63, 3.8) is 0 Å². The Bertz CT molecular complexity index is 483. The van der Waals surface area contributed by atoms with Gasteiger partial charge < -0.3 is 10.3 Å². The fourth-order valence-corrected chi connectivity index (χ4v) is 1.88. The van der Waals surface area contributed by atoms with Gasteiger partial charge in [-0.15, -0.1) is 0 Å². The predicted octanol–water partition coefficient (Wildman–Crippen LogP) is 2.61. The Balaban J connectivity index is 2.22. The number of nitrogens with two attached hydrogens (primary N) is 1. The molecule has 2 rings (SSSR count). The minimum absolute atomic E-state index is 0.611. The van der Waals surface area contributed by atoms with E-state index >= 15 is 0 Å². The SMILES string of the molecule is Cc1ccc(C)c(Cn2ccc(CN)c2)c1. The van der Waals surface area contributed by atoms with Crippen molar-refractivity contribution in [1.29, 1.82) is 0 Å². The standard InChI is InChI=1S/C14H18N2/c1-11-3-4-12(2)14(7-11)10-16-6-5-13(8-15)9-16/h3-7,9H,8,10,15H2,1-2H3. The zero-order chi connectivity index (χ0) is 11.5. The maximum Gasteiger partial charge on any atom is 0.0473 e. The molecule has 1 aromatic heterocycles. The molecule has 1 aromatic carbocycles. The van der Waals surface area contributed by atoms with E-state index in [9.17, 15) is 0 Å². The van der Waals surface area contributed by atoms with Gasteiger partial charge in [0, 0.05) is 25.5 Å². The van der Waals surface area contributed by atoms with E-state index in [0.717, 1.165) is 6.54 Å². The number of benzene rings is 1. The number of nitrogens with zero attached hydrogens (tertiary/aromatic N) is 1. The van der Waals surface area contributed by atoms with Crippen LogP contribution < -0.4 is 5.73 Å². The Morgan fingerprint density at radius 1 is 1.19 bits per heavy atom. The third-order valence-electron chi connectivity index (χ3n) is 2.90. The van der Waals surface area contributed by atoms with Crippen LogP contribution in [-0.2, 0) is 13.1 Å². The lowest BCUT2D eigenvalue weighted by atomic mass is 10.1. The molecule has 0 spiro atoms. The molecule has 0 atom stereocenters. The van der Waals surface area contributed by atoms with Gasteiger partial charge in [-0.25, -0.2) is 0 Å². The largest absolute Gasteiger partial charge is 0.350 e. The molecule has 16 heavy (non-hydrogen) atoms. The topological polar surface area (TPSA) is 30.9 Å². The lowest BCUT2D eigenvalue weighted by molar-refractivity contribution is 0.795. The van der Waals surface area contributed by atoms with Crippen molar-refractivity contribution in [2.24, 2.45) is 5.73 Å². The molecule has 0 radical (unpaired) electrons. The molecule has 1 heterocycles.